The molecule has 1 spiro atoms. The summed E-state index contributed by atoms with van der Waals surface area (Å²) in [5, 5.41) is 0. The van der Waals surface area contributed by atoms with Crippen LogP contribution in [-0.2, 0) is 16.1 Å². The van der Waals surface area contributed by atoms with E-state index in [0.29, 0.717) is 0 Å². The highest BCUT2D eigenvalue weighted by molar-refractivity contribution is 6.60. The van der Waals surface area contributed by atoms with Gasteiger partial charge in [0, 0.05) is 26.2 Å². The summed E-state index contributed by atoms with van der Waals surface area (Å²) in [6.45, 7) is 0.0121. The minimum atomic E-state index is -5.16. The van der Waals surface area contributed by atoms with Crippen LogP contribution in [0.1, 0.15) is 39.2 Å². The summed E-state index contributed by atoms with van der Waals surface area (Å²) in [6.07, 6.45) is -0.921. The summed E-state index contributed by atoms with van der Waals surface area (Å²) < 4.78 is 52.4. The van der Waals surface area contributed by atoms with E-state index >= 15 is 0 Å². The number of carbonyl (C=O) groups excluding carboxylic acids is 2. The molecule has 0 N–H and O–H groups in total. The summed E-state index contributed by atoms with van der Waals surface area (Å²) >= 11 is 0. The molecule has 172 valence electrons. The van der Waals surface area contributed by atoms with E-state index in [1.54, 1.807) is 45.0 Å². The average Bonchev–Trinajstić information content (AvgIpc) is 3.05. The topological polar surface area (TPSA) is 59.1 Å². The van der Waals surface area contributed by atoms with Gasteiger partial charge in [0.15, 0.2) is 0 Å². The first-order chi connectivity index (χ1) is 14.4. The molecule has 0 bridgehead atoms. The van der Waals surface area contributed by atoms with Crippen LogP contribution < -0.4 is 0 Å². The summed E-state index contributed by atoms with van der Waals surface area (Å²) in [7, 11) is 0. The first-order valence-electron chi connectivity index (χ1n) is 10.5. The Kier molecular flexibility index (Phi) is 6.48. The van der Waals surface area contributed by atoms with Crippen LogP contribution in [-0.4, -0.2) is 60.7 Å². The van der Waals surface area contributed by atoms with Gasteiger partial charge in [0.05, 0.1) is 0 Å². The Balaban J connectivity index is 1.65. The Labute approximate surface area is 180 Å². The zero-order valence-electron chi connectivity index (χ0n) is 18.2. The molecule has 2 heterocycles. The van der Waals surface area contributed by atoms with E-state index in [1.165, 1.54) is 9.80 Å². The zero-order chi connectivity index (χ0) is 22.9. The Morgan fingerprint density at radius 3 is 2.23 bits per heavy atom. The number of likely N-dealkylation sites (tertiary alicyclic amines) is 2. The fraction of sp³-hybridized carbons (Fsp3) is 0.619. The minimum Gasteiger partial charge on any atom is -0.449 e. The van der Waals surface area contributed by atoms with Crippen molar-refractivity contribution in [3.05, 3.63) is 35.9 Å². The van der Waals surface area contributed by atoms with Gasteiger partial charge < -0.3 is 32.2 Å². The van der Waals surface area contributed by atoms with Gasteiger partial charge in [-0.2, -0.15) is 0 Å². The third-order valence-electron chi connectivity index (χ3n) is 6.04. The van der Waals surface area contributed by atoms with Crippen molar-refractivity contribution in [3.8, 4) is 0 Å². The lowest BCUT2D eigenvalue weighted by Gasteiger charge is -2.45. The van der Waals surface area contributed by atoms with Gasteiger partial charge in [-0.05, 0) is 50.4 Å². The molecule has 2 aliphatic rings. The maximum Gasteiger partial charge on any atom is 0.483 e. The highest BCUT2D eigenvalue weighted by Crippen LogP contribution is 2.53. The van der Waals surface area contributed by atoms with Crippen LogP contribution in [0.5, 0.6) is 0 Å². The lowest BCUT2D eigenvalue weighted by atomic mass is 9.56. The van der Waals surface area contributed by atoms with Crippen LogP contribution in [0.3, 0.4) is 0 Å². The van der Waals surface area contributed by atoms with Gasteiger partial charge in [-0.3, -0.25) is 0 Å². The third-order valence-corrected chi connectivity index (χ3v) is 6.04. The van der Waals surface area contributed by atoms with Crippen LogP contribution >= 0.6 is 0 Å². The number of hydrogen-bond acceptors (Lipinski definition) is 4. The van der Waals surface area contributed by atoms with E-state index in [0.717, 1.165) is 5.56 Å². The van der Waals surface area contributed by atoms with Crippen LogP contribution in [0.15, 0.2) is 30.3 Å². The van der Waals surface area contributed by atoms with Gasteiger partial charge in [0.25, 0.3) is 0 Å². The third kappa shape index (κ3) is 5.65. The molecule has 6 nitrogen and oxygen atoms in total. The van der Waals surface area contributed by atoms with Gasteiger partial charge in [-0.15, -0.1) is 0 Å². The summed E-state index contributed by atoms with van der Waals surface area (Å²) in [5.41, 5.74) is -0.994. The van der Waals surface area contributed by atoms with Crippen LogP contribution in [0, 0.1) is 5.41 Å². The van der Waals surface area contributed by atoms with Crippen molar-refractivity contribution in [2.24, 2.45) is 5.41 Å². The second kappa shape index (κ2) is 8.63. The van der Waals surface area contributed by atoms with E-state index in [2.05, 4.69) is 0 Å². The fourth-order valence-electron chi connectivity index (χ4n) is 4.45. The summed E-state index contributed by atoms with van der Waals surface area (Å²) in [5.74, 6) is -1.59. The Morgan fingerprint density at radius 1 is 1.06 bits per heavy atom. The smallest absolute Gasteiger partial charge is 0.449 e. The van der Waals surface area contributed by atoms with Crippen molar-refractivity contribution >= 4 is 19.2 Å². The average molecular weight is 441 g/mol. The highest BCUT2D eigenvalue weighted by Gasteiger charge is 2.56. The predicted molar refractivity (Wildman–Crippen MR) is 111 cm³/mol. The van der Waals surface area contributed by atoms with Crippen LogP contribution in [0.4, 0.5) is 22.5 Å². The second-order valence-corrected chi connectivity index (χ2v) is 9.48. The predicted octanol–water partition coefficient (Wildman–Crippen LogP) is 4.87. The molecular formula is C21H29BF3N2O4-. The number of halogens is 3. The van der Waals surface area contributed by atoms with Crippen molar-refractivity contribution < 1.29 is 32.0 Å². The lowest BCUT2D eigenvalue weighted by Crippen LogP contribution is -2.49. The first-order valence-corrected chi connectivity index (χ1v) is 10.5. The second-order valence-electron chi connectivity index (χ2n) is 9.48. The molecule has 2 saturated heterocycles. The SMILES string of the molecule is CC(C)(C)OC(=O)N1CCC2(CC1)CN(C(=O)OCc1ccccc1)CC2[B-](F)(F)F. The number of ether oxygens (including phenoxy) is 2. The number of hydrogen-bond donors (Lipinski definition) is 0. The first kappa shape index (κ1) is 23.3. The number of piperidine rings is 1. The fourth-order valence-corrected chi connectivity index (χ4v) is 4.45. The number of amides is 2. The van der Waals surface area contributed by atoms with Crippen molar-refractivity contribution in [3.63, 3.8) is 0 Å². The molecule has 1 aromatic carbocycles. The van der Waals surface area contributed by atoms with Gasteiger partial charge in [-0.1, -0.05) is 30.3 Å². The molecule has 10 heteroatoms. The van der Waals surface area contributed by atoms with E-state index in [9.17, 15) is 22.5 Å². The maximum absolute atomic E-state index is 13.9. The van der Waals surface area contributed by atoms with Gasteiger partial charge in [-0.25, -0.2) is 9.59 Å². The highest BCUT2D eigenvalue weighted by atomic mass is 19.4. The molecule has 0 saturated carbocycles. The standard InChI is InChI=1S/C21H29BF3N2O4/c1-20(2,3)31-19(29)26-11-9-21(10-12-26)15-27(13-17(21)22(23,24)25)18(28)30-14-16-7-5-4-6-8-16/h4-8,17H,9-15H2,1-3H3/q-1. The molecule has 2 aliphatic heterocycles. The molecular weight excluding hydrogens is 412 g/mol. The van der Waals surface area contributed by atoms with E-state index in [-0.39, 0.29) is 39.1 Å². The number of rotatable bonds is 3. The molecule has 1 unspecified atom stereocenters. The minimum absolute atomic E-state index is 0.0113. The molecule has 1 aromatic rings. The van der Waals surface area contributed by atoms with E-state index in [1.807, 2.05) is 6.07 Å². The molecule has 3 rings (SSSR count). The number of carbonyl (C=O) groups is 2. The largest absolute Gasteiger partial charge is 0.483 e. The van der Waals surface area contributed by atoms with Gasteiger partial charge in [0.1, 0.15) is 12.2 Å². The summed E-state index contributed by atoms with van der Waals surface area (Å²) in [6, 6.07) is 9.00. The molecule has 0 aliphatic carbocycles. The number of benzene rings is 1. The monoisotopic (exact) mass is 441 g/mol. The van der Waals surface area contributed by atoms with Crippen molar-refractivity contribution in [2.45, 2.75) is 51.6 Å². The lowest BCUT2D eigenvalue weighted by molar-refractivity contribution is 0.00989. The van der Waals surface area contributed by atoms with Gasteiger partial charge >= 0.3 is 19.2 Å². The van der Waals surface area contributed by atoms with E-state index in [4.69, 9.17) is 9.47 Å². The Morgan fingerprint density at radius 2 is 1.68 bits per heavy atom. The molecule has 31 heavy (non-hydrogen) atoms. The van der Waals surface area contributed by atoms with Crippen molar-refractivity contribution in [2.75, 3.05) is 26.2 Å². The Hall–Kier alpha value is -2.39. The molecule has 1 atom stereocenters. The zero-order valence-corrected chi connectivity index (χ0v) is 18.2. The van der Waals surface area contributed by atoms with Crippen LogP contribution in [0.2, 0.25) is 5.82 Å². The van der Waals surface area contributed by atoms with Gasteiger partial charge in [0.2, 0.25) is 0 Å². The number of nitrogens with zero attached hydrogens (tertiary/aromatic N) is 2. The summed E-state index contributed by atoms with van der Waals surface area (Å²) in [4.78, 5) is 27.4. The van der Waals surface area contributed by atoms with Crippen LogP contribution in [0.25, 0.3) is 0 Å². The molecule has 0 aromatic heterocycles. The normalized spacial score (nSPS) is 21.3. The molecule has 2 amide bonds. The van der Waals surface area contributed by atoms with Crippen molar-refractivity contribution in [1.82, 2.24) is 9.80 Å². The molecule has 0 radical (unpaired) electrons. The quantitative estimate of drug-likeness (QED) is 0.628. The Bertz CT molecular complexity index is 790. The maximum atomic E-state index is 13.9. The van der Waals surface area contributed by atoms with E-state index < -0.39 is 42.5 Å². The molecule has 2 fully saturated rings. The van der Waals surface area contributed by atoms with Crippen molar-refractivity contribution in [1.29, 1.82) is 0 Å².